The number of hydrogen-bond acceptors (Lipinski definition) is 4. The minimum Gasteiger partial charge on any atom is -0.420 e. The van der Waals surface area contributed by atoms with Crippen molar-refractivity contribution in [3.63, 3.8) is 0 Å². The molecule has 0 aliphatic carbocycles. The van der Waals surface area contributed by atoms with Crippen molar-refractivity contribution in [2.24, 2.45) is 5.41 Å². The fraction of sp³-hybridized carbons (Fsp3) is 0.680. The van der Waals surface area contributed by atoms with Gasteiger partial charge in [0.25, 0.3) is 0 Å². The molecule has 1 unspecified atom stereocenters. The van der Waals surface area contributed by atoms with Gasteiger partial charge in [0.2, 0.25) is 6.29 Å². The second kappa shape index (κ2) is 8.25. The van der Waals surface area contributed by atoms with Crippen molar-refractivity contribution < 1.29 is 14.0 Å². The minimum atomic E-state index is -2.11. The maximum atomic E-state index is 13.5. The normalized spacial score (nSPS) is 24.5. The molecule has 2 saturated heterocycles. The van der Waals surface area contributed by atoms with Crippen LogP contribution in [0.3, 0.4) is 0 Å². The lowest BCUT2D eigenvalue weighted by molar-refractivity contribution is -0.118. The van der Waals surface area contributed by atoms with E-state index in [1.165, 1.54) is 0 Å². The first-order valence-corrected chi connectivity index (χ1v) is 14.3. The number of ether oxygens (including phenoxy) is 1. The number of carbonyl (C=O) groups is 1. The number of rotatable bonds is 3. The molecule has 0 aromatic carbocycles. The number of aromatic nitrogens is 1. The quantitative estimate of drug-likeness (QED) is 0.329. The van der Waals surface area contributed by atoms with E-state index >= 15 is 0 Å². The van der Waals surface area contributed by atoms with Gasteiger partial charge >= 0.3 is 6.09 Å². The summed E-state index contributed by atoms with van der Waals surface area (Å²) in [6.07, 6.45) is 6.34. The van der Waals surface area contributed by atoms with E-state index in [9.17, 15) is 4.79 Å². The van der Waals surface area contributed by atoms with E-state index < -0.39 is 20.1 Å². The Bertz CT molecular complexity index is 851. The zero-order chi connectivity index (χ0) is 23.1. The summed E-state index contributed by atoms with van der Waals surface area (Å²) in [7, 11) is -2.11. The van der Waals surface area contributed by atoms with Gasteiger partial charge < -0.3 is 9.16 Å². The van der Waals surface area contributed by atoms with Crippen LogP contribution in [0, 0.1) is 17.3 Å². The summed E-state index contributed by atoms with van der Waals surface area (Å²) in [6, 6.07) is 4.03. The monoisotopic (exact) mass is 442 g/mol. The average molecular weight is 443 g/mol. The predicted octanol–water partition coefficient (Wildman–Crippen LogP) is 5.96. The van der Waals surface area contributed by atoms with Gasteiger partial charge in [0.15, 0.2) is 8.32 Å². The third-order valence-electron chi connectivity index (χ3n) is 7.03. The Kier molecular flexibility index (Phi) is 6.34. The molecule has 0 saturated carbocycles. The number of fused-ring (bicyclic) bond motifs is 2. The molecule has 1 atom stereocenters. The van der Waals surface area contributed by atoms with Gasteiger partial charge in [-0.05, 0) is 55.9 Å². The first kappa shape index (κ1) is 23.8. The van der Waals surface area contributed by atoms with Gasteiger partial charge in [0, 0.05) is 29.4 Å². The van der Waals surface area contributed by atoms with Crippen LogP contribution in [0.1, 0.15) is 72.8 Å². The molecule has 170 valence electrons. The lowest BCUT2D eigenvalue weighted by atomic mass is 9.88. The van der Waals surface area contributed by atoms with E-state index in [0.717, 1.165) is 31.2 Å². The van der Waals surface area contributed by atoms with Crippen LogP contribution >= 0.6 is 0 Å². The van der Waals surface area contributed by atoms with Gasteiger partial charge in [-0.15, -0.1) is 0 Å². The molecule has 1 aromatic heterocycles. The van der Waals surface area contributed by atoms with Crippen molar-refractivity contribution >= 4 is 14.4 Å². The Morgan fingerprint density at radius 3 is 2.39 bits per heavy atom. The molecule has 0 spiro atoms. The molecule has 6 heteroatoms. The topological polar surface area (TPSA) is 51.7 Å². The van der Waals surface area contributed by atoms with Crippen molar-refractivity contribution in [3.05, 3.63) is 30.1 Å². The molecule has 2 bridgehead atoms. The summed E-state index contributed by atoms with van der Waals surface area (Å²) in [6.45, 7) is 17.2. The predicted molar refractivity (Wildman–Crippen MR) is 126 cm³/mol. The molecule has 2 aliphatic heterocycles. The number of nitrogens with zero attached hydrogens (tertiary/aromatic N) is 2. The molecule has 2 fully saturated rings. The molecule has 2 aliphatic rings. The second-order valence-corrected chi connectivity index (χ2v) is 16.3. The molecular weight excluding hydrogens is 404 g/mol. The van der Waals surface area contributed by atoms with Crippen LogP contribution in [0.5, 0.6) is 0 Å². The fourth-order valence-corrected chi connectivity index (χ4v) is 5.32. The first-order valence-electron chi connectivity index (χ1n) is 11.4. The molecule has 1 amide bonds. The zero-order valence-corrected chi connectivity index (χ0v) is 21.4. The highest BCUT2D eigenvalue weighted by Crippen LogP contribution is 2.47. The van der Waals surface area contributed by atoms with Crippen molar-refractivity contribution in [1.82, 2.24) is 9.88 Å². The molecule has 0 N–H and O–H groups in total. The van der Waals surface area contributed by atoms with Gasteiger partial charge in [-0.25, -0.2) is 4.79 Å². The summed E-state index contributed by atoms with van der Waals surface area (Å²) in [5.74, 6) is 6.67. The summed E-state index contributed by atoms with van der Waals surface area (Å²) >= 11 is 0. The molecular formula is C25H38N2O3Si. The first-order chi connectivity index (χ1) is 14.3. The highest BCUT2D eigenvalue weighted by molar-refractivity contribution is 6.74. The van der Waals surface area contributed by atoms with E-state index in [4.69, 9.17) is 9.16 Å². The van der Waals surface area contributed by atoms with E-state index in [-0.39, 0.29) is 22.6 Å². The van der Waals surface area contributed by atoms with Crippen molar-refractivity contribution in [2.75, 3.05) is 0 Å². The van der Waals surface area contributed by atoms with Crippen LogP contribution in [0.2, 0.25) is 18.1 Å². The molecule has 3 rings (SSSR count). The maximum Gasteiger partial charge on any atom is 0.413 e. The van der Waals surface area contributed by atoms with Crippen LogP contribution in [-0.2, 0) is 9.16 Å². The van der Waals surface area contributed by atoms with E-state index in [1.807, 2.05) is 17.0 Å². The van der Waals surface area contributed by atoms with Crippen LogP contribution < -0.4 is 0 Å². The lowest BCUT2D eigenvalue weighted by Gasteiger charge is -2.43. The summed E-state index contributed by atoms with van der Waals surface area (Å²) in [5, 5.41) is 0.0337. The van der Waals surface area contributed by atoms with E-state index in [2.05, 4.69) is 71.5 Å². The van der Waals surface area contributed by atoms with Crippen LogP contribution in [0.4, 0.5) is 4.79 Å². The molecule has 0 radical (unpaired) electrons. The van der Waals surface area contributed by atoms with Crippen LogP contribution in [0.15, 0.2) is 24.5 Å². The second-order valence-electron chi connectivity index (χ2n) is 11.6. The summed E-state index contributed by atoms with van der Waals surface area (Å²) in [4.78, 5) is 19.5. The van der Waals surface area contributed by atoms with Crippen molar-refractivity contribution in [2.45, 2.75) is 103 Å². The molecule has 5 nitrogen and oxygen atoms in total. The Labute approximate surface area is 189 Å². The number of amides is 1. The zero-order valence-electron chi connectivity index (χ0n) is 20.4. The Hall–Kier alpha value is -1.84. The summed E-state index contributed by atoms with van der Waals surface area (Å²) in [5.41, 5.74) is 0.101. The third kappa shape index (κ3) is 4.99. The van der Waals surface area contributed by atoms with Gasteiger partial charge in [0.1, 0.15) is 5.54 Å². The lowest BCUT2D eigenvalue weighted by Crippen LogP contribution is -2.52. The molecule has 1 aromatic rings. The SMILES string of the molecule is CC(C)(C)C(OC(=O)N1C2CCC1(C#Cc1cccnc1)CC2)O[Si](C)(C)C(C)(C)C. The van der Waals surface area contributed by atoms with Crippen LogP contribution in [0.25, 0.3) is 0 Å². The highest BCUT2D eigenvalue weighted by atomic mass is 28.4. The van der Waals surface area contributed by atoms with Gasteiger partial charge in [0.05, 0.1) is 0 Å². The van der Waals surface area contributed by atoms with Crippen LogP contribution in [-0.4, -0.2) is 42.2 Å². The Morgan fingerprint density at radius 2 is 1.87 bits per heavy atom. The van der Waals surface area contributed by atoms with Gasteiger partial charge in [-0.3, -0.25) is 9.88 Å². The maximum absolute atomic E-state index is 13.5. The van der Waals surface area contributed by atoms with E-state index in [0.29, 0.717) is 0 Å². The van der Waals surface area contributed by atoms with Gasteiger partial charge in [-0.2, -0.15) is 0 Å². The number of pyridine rings is 1. The molecule has 3 heterocycles. The van der Waals surface area contributed by atoms with Crippen molar-refractivity contribution in [1.29, 1.82) is 0 Å². The van der Waals surface area contributed by atoms with Gasteiger partial charge in [-0.1, -0.05) is 53.4 Å². The molecule has 31 heavy (non-hydrogen) atoms. The standard InChI is InChI=1S/C25H38N2O3Si/c1-23(2,3)21(30-31(7,8)24(4,5)6)29-22(28)27-20-12-15-25(27,16-13-20)14-11-19-10-9-17-26-18-19/h9-10,17-18,20-21H,12-13,15-16H2,1-8H3. The number of hydrogen-bond donors (Lipinski definition) is 0. The summed E-state index contributed by atoms with van der Waals surface area (Å²) < 4.78 is 12.7. The van der Waals surface area contributed by atoms with Crippen molar-refractivity contribution in [3.8, 4) is 11.8 Å². The largest absolute Gasteiger partial charge is 0.420 e. The average Bonchev–Trinajstić information content (AvgIpc) is 3.21. The fourth-order valence-electron chi connectivity index (χ4n) is 4.03. The third-order valence-corrected chi connectivity index (χ3v) is 11.4. The Balaban J connectivity index is 1.82. The Morgan fingerprint density at radius 1 is 1.23 bits per heavy atom. The van der Waals surface area contributed by atoms with E-state index in [1.54, 1.807) is 12.4 Å². The number of carbonyl (C=O) groups excluding carboxylic acids is 1. The smallest absolute Gasteiger partial charge is 0.413 e. The minimum absolute atomic E-state index is 0.0337. The highest BCUT2D eigenvalue weighted by Gasteiger charge is 2.55.